The highest BCUT2D eigenvalue weighted by molar-refractivity contribution is 5.79. The van der Waals surface area contributed by atoms with Crippen LogP contribution in [0.1, 0.15) is 5.56 Å². The van der Waals surface area contributed by atoms with Crippen molar-refractivity contribution in [2.45, 2.75) is 6.54 Å². The monoisotopic (exact) mass is 478 g/mol. The summed E-state index contributed by atoms with van der Waals surface area (Å²) >= 11 is 0. The van der Waals surface area contributed by atoms with Crippen LogP contribution < -0.4 is 15.9 Å². The van der Waals surface area contributed by atoms with Crippen LogP contribution in [0.3, 0.4) is 0 Å². The molecule has 0 spiro atoms. The molecule has 180 valence electrons. The molecule has 8 nitrogen and oxygen atoms in total. The fourth-order valence-electron chi connectivity index (χ4n) is 4.17. The minimum atomic E-state index is -0.388. The molecule has 0 amide bonds. The van der Waals surface area contributed by atoms with Crippen LogP contribution in [0.5, 0.6) is 0 Å². The van der Waals surface area contributed by atoms with Crippen LogP contribution in [0.4, 0.5) is 14.7 Å². The van der Waals surface area contributed by atoms with Crippen LogP contribution in [-0.2, 0) is 18.3 Å². The molecule has 1 aliphatic heterocycles. The Morgan fingerprint density at radius 1 is 1.03 bits per heavy atom. The molecule has 1 aliphatic rings. The molecule has 2 aromatic heterocycles. The minimum absolute atomic E-state index is 0.200. The van der Waals surface area contributed by atoms with E-state index in [0.29, 0.717) is 60.3 Å². The number of halogens is 2. The van der Waals surface area contributed by atoms with Gasteiger partial charge in [-0.3, -0.25) is 9.80 Å². The number of hydrogen-bond donors (Lipinski definition) is 1. The van der Waals surface area contributed by atoms with Gasteiger partial charge in [-0.15, -0.1) is 0 Å². The molecular weight excluding hydrogens is 454 g/mol. The van der Waals surface area contributed by atoms with Crippen molar-refractivity contribution in [3.63, 3.8) is 0 Å². The fourth-order valence-corrected chi connectivity index (χ4v) is 4.17. The number of ether oxygens (including phenoxy) is 1. The zero-order valence-electron chi connectivity index (χ0n) is 19.1. The summed E-state index contributed by atoms with van der Waals surface area (Å²) in [5, 5.41) is 5.08. The molecule has 1 N–H and O–H groups in total. The second-order valence-electron chi connectivity index (χ2n) is 8.13. The Morgan fingerprint density at radius 3 is 2.51 bits per heavy atom. The van der Waals surface area contributed by atoms with E-state index in [4.69, 9.17) is 4.74 Å². The normalized spacial score (nSPS) is 13.7. The second kappa shape index (κ2) is 9.67. The number of morpholine rings is 1. The average Bonchev–Trinajstić information content (AvgIpc) is 3.15. The van der Waals surface area contributed by atoms with Crippen molar-refractivity contribution in [3.05, 3.63) is 88.3 Å². The Hall–Kier alpha value is -4.05. The Morgan fingerprint density at radius 2 is 1.77 bits per heavy atom. The van der Waals surface area contributed by atoms with Crippen molar-refractivity contribution >= 4 is 5.95 Å². The van der Waals surface area contributed by atoms with Crippen molar-refractivity contribution in [2.75, 3.05) is 36.6 Å². The highest BCUT2D eigenvalue weighted by Crippen LogP contribution is 2.30. The number of aromatic nitrogens is 4. The zero-order chi connectivity index (χ0) is 24.4. The molecule has 3 heterocycles. The summed E-state index contributed by atoms with van der Waals surface area (Å²) < 4.78 is 34.7. The summed E-state index contributed by atoms with van der Waals surface area (Å²) in [6.07, 6.45) is 1.58. The maximum atomic E-state index is 14.0. The Labute approximate surface area is 200 Å². The van der Waals surface area contributed by atoms with Gasteiger partial charge in [0.15, 0.2) is 0 Å². The topological polar surface area (TPSA) is 77.2 Å². The minimum Gasteiger partial charge on any atom is -0.378 e. The van der Waals surface area contributed by atoms with E-state index in [1.165, 1.54) is 22.9 Å². The van der Waals surface area contributed by atoms with Crippen LogP contribution >= 0.6 is 0 Å². The number of benzene rings is 2. The predicted molar refractivity (Wildman–Crippen MR) is 129 cm³/mol. The molecule has 0 bridgehead atoms. The van der Waals surface area contributed by atoms with Gasteiger partial charge in [-0.05, 0) is 29.8 Å². The maximum absolute atomic E-state index is 14.0. The summed E-state index contributed by atoms with van der Waals surface area (Å²) in [4.78, 5) is 24.2. The van der Waals surface area contributed by atoms with E-state index in [9.17, 15) is 13.6 Å². The molecule has 0 saturated carbocycles. The van der Waals surface area contributed by atoms with E-state index in [0.717, 1.165) is 0 Å². The average molecular weight is 479 g/mol. The lowest BCUT2D eigenvalue weighted by Gasteiger charge is -2.32. The van der Waals surface area contributed by atoms with Gasteiger partial charge in [-0.25, -0.2) is 23.4 Å². The van der Waals surface area contributed by atoms with E-state index in [-0.39, 0.29) is 23.7 Å². The summed E-state index contributed by atoms with van der Waals surface area (Å²) in [6.45, 7) is 2.42. The maximum Gasteiger partial charge on any atom is 0.276 e. The molecule has 5 rings (SSSR count). The molecule has 0 aliphatic carbocycles. The molecule has 10 heteroatoms. The van der Waals surface area contributed by atoms with Gasteiger partial charge in [-0.2, -0.15) is 4.79 Å². The Bertz CT molecular complexity index is 1390. The zero-order valence-corrected chi connectivity index (χ0v) is 19.1. The SMILES string of the molecule is Cn1c(=O)c(-c2ccc(F)cc2)c(-c2ccnc(NCc3ccccc3F)n2)n1N1CCOCC1. The highest BCUT2D eigenvalue weighted by Gasteiger charge is 2.26. The quantitative estimate of drug-likeness (QED) is 0.459. The van der Waals surface area contributed by atoms with Crippen LogP contribution in [0, 0.1) is 11.6 Å². The summed E-state index contributed by atoms with van der Waals surface area (Å²) in [7, 11) is 1.69. The van der Waals surface area contributed by atoms with Gasteiger partial charge in [0.2, 0.25) is 5.95 Å². The van der Waals surface area contributed by atoms with Crippen molar-refractivity contribution in [1.29, 1.82) is 0 Å². The van der Waals surface area contributed by atoms with E-state index in [2.05, 4.69) is 15.3 Å². The highest BCUT2D eigenvalue weighted by atomic mass is 19.1. The lowest BCUT2D eigenvalue weighted by atomic mass is 10.0. The molecule has 0 radical (unpaired) electrons. The summed E-state index contributed by atoms with van der Waals surface area (Å²) in [5.41, 5.74) is 2.28. The molecule has 0 atom stereocenters. The first-order valence-corrected chi connectivity index (χ1v) is 11.2. The third kappa shape index (κ3) is 4.52. The van der Waals surface area contributed by atoms with Crippen molar-refractivity contribution in [2.24, 2.45) is 7.05 Å². The van der Waals surface area contributed by atoms with Crippen molar-refractivity contribution < 1.29 is 13.5 Å². The van der Waals surface area contributed by atoms with E-state index in [1.54, 1.807) is 54.4 Å². The molecule has 0 unspecified atom stereocenters. The lowest BCUT2D eigenvalue weighted by molar-refractivity contribution is 0.107. The van der Waals surface area contributed by atoms with Crippen LogP contribution in [0.15, 0.2) is 65.6 Å². The molecular formula is C25H24F2N6O2. The van der Waals surface area contributed by atoms with Crippen LogP contribution in [0.25, 0.3) is 22.5 Å². The van der Waals surface area contributed by atoms with E-state index < -0.39 is 0 Å². The van der Waals surface area contributed by atoms with Gasteiger partial charge in [-0.1, -0.05) is 30.3 Å². The smallest absolute Gasteiger partial charge is 0.276 e. The van der Waals surface area contributed by atoms with Gasteiger partial charge in [0, 0.05) is 25.4 Å². The first kappa shape index (κ1) is 22.7. The summed E-state index contributed by atoms with van der Waals surface area (Å²) in [5.74, 6) is -0.416. The third-order valence-electron chi connectivity index (χ3n) is 5.91. The largest absolute Gasteiger partial charge is 0.378 e. The lowest BCUT2D eigenvalue weighted by Crippen LogP contribution is -2.47. The Kier molecular flexibility index (Phi) is 6.28. The number of hydrogen-bond acceptors (Lipinski definition) is 6. The molecule has 35 heavy (non-hydrogen) atoms. The number of rotatable bonds is 6. The Balaban J connectivity index is 1.60. The predicted octanol–water partition coefficient (Wildman–Crippen LogP) is 3.17. The molecule has 1 fully saturated rings. The third-order valence-corrected chi connectivity index (χ3v) is 5.91. The van der Waals surface area contributed by atoms with E-state index >= 15 is 0 Å². The second-order valence-corrected chi connectivity index (χ2v) is 8.13. The van der Waals surface area contributed by atoms with Crippen molar-refractivity contribution in [3.8, 4) is 22.5 Å². The van der Waals surface area contributed by atoms with Crippen molar-refractivity contribution in [1.82, 2.24) is 19.4 Å². The standard InChI is InChI=1S/C25H24F2N6O2/c1-31-24(34)22(17-6-8-19(26)9-7-17)23(33(31)32-12-14-35-15-13-32)21-10-11-28-25(30-21)29-16-18-4-2-3-5-20(18)27/h2-11H,12-16H2,1H3,(H,28,29,30). The first-order valence-electron chi connectivity index (χ1n) is 11.2. The summed E-state index contributed by atoms with van der Waals surface area (Å²) in [6, 6.07) is 14.0. The van der Waals surface area contributed by atoms with Gasteiger partial charge >= 0.3 is 0 Å². The molecule has 4 aromatic rings. The van der Waals surface area contributed by atoms with E-state index in [1.807, 2.05) is 5.01 Å². The van der Waals surface area contributed by atoms with Crippen LogP contribution in [0.2, 0.25) is 0 Å². The molecule has 1 saturated heterocycles. The molecule has 2 aromatic carbocycles. The fraction of sp³-hybridized carbons (Fsp3) is 0.240. The first-order chi connectivity index (χ1) is 17.0. The number of nitrogens with zero attached hydrogens (tertiary/aromatic N) is 5. The van der Waals surface area contributed by atoms with Gasteiger partial charge in [0.1, 0.15) is 17.3 Å². The van der Waals surface area contributed by atoms with Gasteiger partial charge < -0.3 is 10.1 Å². The van der Waals surface area contributed by atoms with Gasteiger partial charge in [0.25, 0.3) is 5.56 Å². The van der Waals surface area contributed by atoms with Gasteiger partial charge in [0.05, 0.1) is 37.6 Å². The number of anilines is 1. The number of nitrogens with one attached hydrogen (secondary N) is 1. The van der Waals surface area contributed by atoms with Crippen LogP contribution in [-0.4, -0.2) is 45.7 Å².